The maximum Gasteiger partial charge on any atom is 0.224 e. The largest absolute Gasteiger partial charge is 0.356 e. The quantitative estimate of drug-likeness (QED) is 0.539. The van der Waals surface area contributed by atoms with Crippen molar-refractivity contribution in [1.82, 2.24) is 25.1 Å². The van der Waals surface area contributed by atoms with Gasteiger partial charge in [-0.1, -0.05) is 43.2 Å². The van der Waals surface area contributed by atoms with Gasteiger partial charge in [0.1, 0.15) is 5.82 Å². The van der Waals surface area contributed by atoms with Crippen LogP contribution in [0.25, 0.3) is 11.3 Å². The fraction of sp³-hybridized carbons (Fsp3) is 0.500. The molecule has 1 aliphatic carbocycles. The molecule has 0 unspecified atom stereocenters. The predicted molar refractivity (Wildman–Crippen MR) is 134 cm³/mol. The SMILES string of the molecule is CN(CCNc1nc2c(c(N3CCCCCC3)n1)CCC2)Cc1cn[nH]c1-c1ccccc1. The molecule has 1 fully saturated rings. The average molecular weight is 446 g/mol. The van der Waals surface area contributed by atoms with Crippen LogP contribution in [-0.2, 0) is 19.4 Å². The number of anilines is 2. The van der Waals surface area contributed by atoms with Crippen LogP contribution >= 0.6 is 0 Å². The molecule has 0 spiro atoms. The summed E-state index contributed by atoms with van der Waals surface area (Å²) in [5, 5.41) is 11.0. The zero-order valence-electron chi connectivity index (χ0n) is 19.7. The Morgan fingerprint density at radius 1 is 1.00 bits per heavy atom. The summed E-state index contributed by atoms with van der Waals surface area (Å²) in [6, 6.07) is 10.4. The third-order valence-electron chi connectivity index (χ3n) is 6.81. The molecule has 1 aliphatic heterocycles. The van der Waals surface area contributed by atoms with Crippen molar-refractivity contribution in [3.63, 3.8) is 0 Å². The third kappa shape index (κ3) is 5.19. The molecule has 0 atom stereocenters. The van der Waals surface area contributed by atoms with Gasteiger partial charge in [-0.2, -0.15) is 10.1 Å². The van der Waals surface area contributed by atoms with Crippen LogP contribution in [0.1, 0.15) is 48.9 Å². The lowest BCUT2D eigenvalue weighted by atomic mass is 10.1. The normalized spacial score (nSPS) is 16.1. The lowest BCUT2D eigenvalue weighted by Gasteiger charge is -2.24. The monoisotopic (exact) mass is 445 g/mol. The van der Waals surface area contributed by atoms with Gasteiger partial charge >= 0.3 is 0 Å². The maximum atomic E-state index is 5.01. The molecule has 33 heavy (non-hydrogen) atoms. The Morgan fingerprint density at radius 3 is 2.64 bits per heavy atom. The number of aromatic nitrogens is 4. The summed E-state index contributed by atoms with van der Waals surface area (Å²) >= 11 is 0. The summed E-state index contributed by atoms with van der Waals surface area (Å²) in [5.74, 6) is 1.98. The maximum absolute atomic E-state index is 5.01. The summed E-state index contributed by atoms with van der Waals surface area (Å²) in [5.41, 5.74) is 6.13. The number of nitrogens with one attached hydrogen (secondary N) is 2. The Bertz CT molecular complexity index is 1040. The zero-order chi connectivity index (χ0) is 22.5. The van der Waals surface area contributed by atoms with Gasteiger partial charge < -0.3 is 15.1 Å². The number of aromatic amines is 1. The van der Waals surface area contributed by atoms with E-state index in [9.17, 15) is 0 Å². The Morgan fingerprint density at radius 2 is 1.82 bits per heavy atom. The summed E-state index contributed by atoms with van der Waals surface area (Å²) < 4.78 is 0. The Balaban J connectivity index is 1.21. The van der Waals surface area contributed by atoms with E-state index in [1.165, 1.54) is 60.3 Å². The molecule has 0 amide bonds. The second-order valence-electron chi connectivity index (χ2n) is 9.35. The lowest BCUT2D eigenvalue weighted by Crippen LogP contribution is -2.28. The second kappa shape index (κ2) is 10.3. The number of H-pyrrole nitrogens is 1. The van der Waals surface area contributed by atoms with Crippen LogP contribution in [0.3, 0.4) is 0 Å². The molecule has 2 aromatic heterocycles. The highest BCUT2D eigenvalue weighted by atomic mass is 15.2. The molecule has 3 aromatic rings. The van der Waals surface area contributed by atoms with E-state index < -0.39 is 0 Å². The highest BCUT2D eigenvalue weighted by Crippen LogP contribution is 2.31. The first-order valence-corrected chi connectivity index (χ1v) is 12.4. The van der Waals surface area contributed by atoms with Gasteiger partial charge in [-0.15, -0.1) is 0 Å². The van der Waals surface area contributed by atoms with Gasteiger partial charge in [-0.25, -0.2) is 4.98 Å². The molecule has 7 nitrogen and oxygen atoms in total. The van der Waals surface area contributed by atoms with Crippen LogP contribution in [0, 0.1) is 0 Å². The van der Waals surface area contributed by atoms with Gasteiger partial charge in [0.15, 0.2) is 0 Å². The van der Waals surface area contributed by atoms with Gasteiger partial charge in [0.05, 0.1) is 17.6 Å². The molecular weight excluding hydrogens is 410 g/mol. The number of hydrogen-bond donors (Lipinski definition) is 2. The molecule has 5 rings (SSSR count). The molecule has 7 heteroatoms. The van der Waals surface area contributed by atoms with Crippen molar-refractivity contribution in [2.75, 3.05) is 43.4 Å². The summed E-state index contributed by atoms with van der Waals surface area (Å²) in [6.45, 7) is 4.80. The van der Waals surface area contributed by atoms with Gasteiger partial charge in [-0.3, -0.25) is 5.10 Å². The van der Waals surface area contributed by atoms with E-state index >= 15 is 0 Å². The number of nitrogens with zero attached hydrogens (tertiary/aromatic N) is 5. The molecule has 1 saturated heterocycles. The fourth-order valence-electron chi connectivity index (χ4n) is 5.05. The lowest BCUT2D eigenvalue weighted by molar-refractivity contribution is 0.340. The summed E-state index contributed by atoms with van der Waals surface area (Å²) in [6.07, 6.45) is 10.5. The number of hydrogen-bond acceptors (Lipinski definition) is 6. The van der Waals surface area contributed by atoms with Crippen LogP contribution < -0.4 is 10.2 Å². The minimum atomic E-state index is 0.789. The van der Waals surface area contributed by atoms with Crippen molar-refractivity contribution in [2.24, 2.45) is 0 Å². The highest BCUT2D eigenvalue weighted by molar-refractivity contribution is 5.62. The first-order chi connectivity index (χ1) is 16.3. The number of benzene rings is 1. The average Bonchev–Trinajstić information content (AvgIpc) is 3.41. The van der Waals surface area contributed by atoms with Crippen LogP contribution in [-0.4, -0.2) is 58.3 Å². The van der Waals surface area contributed by atoms with Gasteiger partial charge in [0.25, 0.3) is 0 Å². The van der Waals surface area contributed by atoms with E-state index in [0.717, 1.165) is 57.2 Å². The Labute approximate surface area is 196 Å². The Hall–Kier alpha value is -2.93. The number of rotatable bonds is 8. The molecule has 0 radical (unpaired) electrons. The molecular formula is C26H35N7. The Kier molecular flexibility index (Phi) is 6.86. The first kappa shape index (κ1) is 21.9. The van der Waals surface area contributed by atoms with Crippen molar-refractivity contribution in [2.45, 2.75) is 51.5 Å². The topological polar surface area (TPSA) is 73.0 Å². The van der Waals surface area contributed by atoms with Crippen molar-refractivity contribution in [1.29, 1.82) is 0 Å². The summed E-state index contributed by atoms with van der Waals surface area (Å²) in [4.78, 5) is 14.7. The van der Waals surface area contributed by atoms with Crippen LogP contribution in [0.5, 0.6) is 0 Å². The number of fused-ring (bicyclic) bond motifs is 1. The van der Waals surface area contributed by atoms with E-state index in [-0.39, 0.29) is 0 Å². The van der Waals surface area contributed by atoms with E-state index in [0.29, 0.717) is 0 Å². The minimum Gasteiger partial charge on any atom is -0.356 e. The van der Waals surface area contributed by atoms with Crippen molar-refractivity contribution in [3.05, 3.63) is 53.3 Å². The second-order valence-corrected chi connectivity index (χ2v) is 9.35. The molecule has 0 saturated carbocycles. The van der Waals surface area contributed by atoms with E-state index in [4.69, 9.17) is 9.97 Å². The molecule has 1 aromatic carbocycles. The number of likely N-dealkylation sites (N-methyl/N-ethyl adjacent to an activating group) is 1. The highest BCUT2D eigenvalue weighted by Gasteiger charge is 2.23. The van der Waals surface area contributed by atoms with Crippen molar-refractivity contribution in [3.8, 4) is 11.3 Å². The van der Waals surface area contributed by atoms with E-state index in [2.05, 4.69) is 56.6 Å². The van der Waals surface area contributed by atoms with Gasteiger partial charge in [0, 0.05) is 43.9 Å². The predicted octanol–water partition coefficient (Wildman–Crippen LogP) is 4.28. The molecule has 2 aliphatic rings. The number of aryl methyl sites for hydroxylation is 1. The van der Waals surface area contributed by atoms with Crippen LogP contribution in [0.15, 0.2) is 36.5 Å². The van der Waals surface area contributed by atoms with Crippen LogP contribution in [0.4, 0.5) is 11.8 Å². The van der Waals surface area contributed by atoms with Crippen molar-refractivity contribution >= 4 is 11.8 Å². The van der Waals surface area contributed by atoms with E-state index in [1.807, 2.05) is 12.3 Å². The van der Waals surface area contributed by atoms with Crippen molar-refractivity contribution < 1.29 is 0 Å². The zero-order valence-corrected chi connectivity index (χ0v) is 19.7. The first-order valence-electron chi connectivity index (χ1n) is 12.4. The third-order valence-corrected chi connectivity index (χ3v) is 6.81. The molecule has 2 N–H and O–H groups in total. The van der Waals surface area contributed by atoms with Gasteiger partial charge in [-0.05, 0) is 44.7 Å². The summed E-state index contributed by atoms with van der Waals surface area (Å²) in [7, 11) is 2.15. The molecule has 3 heterocycles. The van der Waals surface area contributed by atoms with E-state index in [1.54, 1.807) is 0 Å². The molecule has 0 bridgehead atoms. The smallest absolute Gasteiger partial charge is 0.224 e. The standard InChI is InChI=1S/C26H35N7/c1-32(19-21-18-28-31-24(21)20-10-5-4-6-11-20)17-14-27-26-29-23-13-9-12-22(23)25(30-26)33-15-7-2-3-8-16-33/h4-6,10-11,18H,2-3,7-9,12-17,19H2,1H3,(H,28,31)(H,27,29,30). The van der Waals surface area contributed by atoms with Gasteiger partial charge in [0.2, 0.25) is 5.95 Å². The molecule has 174 valence electrons. The van der Waals surface area contributed by atoms with Crippen LogP contribution in [0.2, 0.25) is 0 Å². The fourth-order valence-corrected chi connectivity index (χ4v) is 5.05. The minimum absolute atomic E-state index is 0.789.